The molecule has 1 aliphatic rings. The maximum Gasteiger partial charge on any atom is 0.205 e. The van der Waals surface area contributed by atoms with Crippen molar-refractivity contribution < 1.29 is 0 Å². The van der Waals surface area contributed by atoms with Crippen molar-refractivity contribution in [3.8, 4) is 0 Å². The second-order valence-corrected chi connectivity index (χ2v) is 6.55. The number of nitrogens with one attached hydrogen (secondary N) is 1. The number of aryl methyl sites for hydroxylation is 1. The summed E-state index contributed by atoms with van der Waals surface area (Å²) in [5.74, 6) is 0.731. The molecule has 1 aromatic rings. The van der Waals surface area contributed by atoms with Gasteiger partial charge >= 0.3 is 0 Å². The topological polar surface area (TPSA) is 41.0 Å². The summed E-state index contributed by atoms with van der Waals surface area (Å²) in [6.45, 7) is 10.4. The number of likely N-dealkylation sites (tertiary alicyclic amines) is 1. The number of hydrogen-bond donors (Lipinski definition) is 1. The van der Waals surface area contributed by atoms with E-state index in [0.29, 0.717) is 6.04 Å². The Bertz CT molecular complexity index is 377. The summed E-state index contributed by atoms with van der Waals surface area (Å²) in [5.41, 5.74) is 0. The van der Waals surface area contributed by atoms with Crippen LogP contribution < -0.4 is 5.32 Å². The highest BCUT2D eigenvalue weighted by atomic mass is 32.1. The molecular weight excluding hydrogens is 256 g/mol. The van der Waals surface area contributed by atoms with Gasteiger partial charge in [-0.1, -0.05) is 25.2 Å². The minimum atomic E-state index is 0.484. The lowest BCUT2D eigenvalue weighted by molar-refractivity contribution is 0.165. The Morgan fingerprint density at radius 1 is 1.42 bits per heavy atom. The van der Waals surface area contributed by atoms with Crippen molar-refractivity contribution in [3.63, 3.8) is 0 Å². The van der Waals surface area contributed by atoms with Gasteiger partial charge in [0.15, 0.2) is 0 Å². The van der Waals surface area contributed by atoms with E-state index in [4.69, 9.17) is 0 Å². The van der Waals surface area contributed by atoms with Crippen LogP contribution >= 0.6 is 11.3 Å². The molecule has 2 rings (SSSR count). The lowest BCUT2D eigenvalue weighted by Gasteiger charge is -2.35. The van der Waals surface area contributed by atoms with Gasteiger partial charge in [-0.05, 0) is 51.6 Å². The minimum Gasteiger partial charge on any atom is -0.357 e. The molecule has 1 aliphatic heterocycles. The fraction of sp³-hybridized carbons (Fsp3) is 0.857. The summed E-state index contributed by atoms with van der Waals surface area (Å²) in [6, 6.07) is 0.484. The first-order valence-electron chi connectivity index (χ1n) is 7.54. The van der Waals surface area contributed by atoms with Gasteiger partial charge in [0.25, 0.3) is 0 Å². The van der Waals surface area contributed by atoms with Gasteiger partial charge in [0.05, 0.1) is 0 Å². The Balaban J connectivity index is 1.86. The van der Waals surface area contributed by atoms with Crippen molar-refractivity contribution in [2.45, 2.75) is 52.5 Å². The van der Waals surface area contributed by atoms with Crippen LogP contribution in [-0.2, 0) is 6.42 Å². The third-order valence-corrected chi connectivity index (χ3v) is 4.91. The van der Waals surface area contributed by atoms with E-state index in [1.54, 1.807) is 11.3 Å². The van der Waals surface area contributed by atoms with Gasteiger partial charge in [0.2, 0.25) is 5.13 Å². The Hall–Kier alpha value is -0.680. The molecule has 0 aromatic carbocycles. The number of rotatable bonds is 6. The first-order chi connectivity index (χ1) is 9.22. The summed E-state index contributed by atoms with van der Waals surface area (Å²) in [4.78, 5) is 2.60. The Morgan fingerprint density at radius 2 is 2.26 bits per heavy atom. The summed E-state index contributed by atoms with van der Waals surface area (Å²) < 4.78 is 0. The van der Waals surface area contributed by atoms with Crippen molar-refractivity contribution in [1.82, 2.24) is 15.1 Å². The largest absolute Gasteiger partial charge is 0.357 e. The minimum absolute atomic E-state index is 0.484. The van der Waals surface area contributed by atoms with Crippen LogP contribution in [0.1, 0.15) is 45.0 Å². The molecule has 0 bridgehead atoms. The highest BCUT2D eigenvalue weighted by Crippen LogP contribution is 2.24. The van der Waals surface area contributed by atoms with Crippen molar-refractivity contribution in [3.05, 3.63) is 5.01 Å². The molecule has 1 aromatic heterocycles. The van der Waals surface area contributed by atoms with Crippen LogP contribution in [0.4, 0.5) is 5.13 Å². The maximum absolute atomic E-state index is 4.22. The molecule has 1 fully saturated rings. The van der Waals surface area contributed by atoms with Gasteiger partial charge in [-0.2, -0.15) is 0 Å². The Morgan fingerprint density at radius 3 is 2.95 bits per heavy atom. The summed E-state index contributed by atoms with van der Waals surface area (Å²) in [5, 5.41) is 14.0. The molecule has 1 N–H and O–H groups in total. The van der Waals surface area contributed by atoms with E-state index < -0.39 is 0 Å². The number of aromatic nitrogens is 2. The molecule has 0 aliphatic carbocycles. The van der Waals surface area contributed by atoms with Crippen LogP contribution in [0, 0.1) is 5.92 Å². The molecule has 2 atom stereocenters. The van der Waals surface area contributed by atoms with Crippen LogP contribution in [0.25, 0.3) is 0 Å². The zero-order valence-corrected chi connectivity index (χ0v) is 13.2. The number of nitrogens with zero attached hydrogens (tertiary/aromatic N) is 3. The second kappa shape index (κ2) is 7.20. The van der Waals surface area contributed by atoms with E-state index in [9.17, 15) is 0 Å². The van der Waals surface area contributed by atoms with Gasteiger partial charge in [0, 0.05) is 12.6 Å². The average molecular weight is 282 g/mol. The first kappa shape index (κ1) is 14.7. The molecule has 0 spiro atoms. The third-order valence-electron chi connectivity index (χ3n) is 3.91. The standard InChI is InChI=1S/C14H26N4S/c1-4-8-18-9-6-7-12(10-18)11(3)15-14-17-16-13(5-2)19-14/h11-12H,4-10H2,1-3H3,(H,15,17). The summed E-state index contributed by atoms with van der Waals surface area (Å²) in [7, 11) is 0. The van der Waals surface area contributed by atoms with Crippen LogP contribution in [0.3, 0.4) is 0 Å². The van der Waals surface area contributed by atoms with Gasteiger partial charge in [-0.3, -0.25) is 0 Å². The SMILES string of the molecule is CCCN1CCCC(C(C)Nc2nnc(CC)s2)C1. The van der Waals surface area contributed by atoms with E-state index in [-0.39, 0.29) is 0 Å². The normalized spacial score (nSPS) is 22.4. The van der Waals surface area contributed by atoms with Gasteiger partial charge < -0.3 is 10.2 Å². The highest BCUT2D eigenvalue weighted by Gasteiger charge is 2.24. The molecular formula is C14H26N4S. The molecule has 0 amide bonds. The fourth-order valence-electron chi connectivity index (χ4n) is 2.79. The molecule has 4 nitrogen and oxygen atoms in total. The van der Waals surface area contributed by atoms with E-state index in [0.717, 1.165) is 22.5 Å². The zero-order chi connectivity index (χ0) is 13.7. The lowest BCUT2D eigenvalue weighted by atomic mass is 9.91. The molecule has 2 unspecified atom stereocenters. The summed E-state index contributed by atoms with van der Waals surface area (Å²) in [6.07, 6.45) is 4.88. The number of anilines is 1. The lowest BCUT2D eigenvalue weighted by Crippen LogP contribution is -2.42. The van der Waals surface area contributed by atoms with E-state index >= 15 is 0 Å². The van der Waals surface area contributed by atoms with Crippen molar-refractivity contribution in [2.24, 2.45) is 5.92 Å². The Labute approximate surface area is 120 Å². The van der Waals surface area contributed by atoms with E-state index in [1.807, 2.05) is 0 Å². The van der Waals surface area contributed by atoms with Crippen LogP contribution in [-0.4, -0.2) is 40.8 Å². The van der Waals surface area contributed by atoms with Crippen molar-refractivity contribution >= 4 is 16.5 Å². The molecule has 1 saturated heterocycles. The highest BCUT2D eigenvalue weighted by molar-refractivity contribution is 7.15. The van der Waals surface area contributed by atoms with Gasteiger partial charge in [0.1, 0.15) is 5.01 Å². The Kier molecular flexibility index (Phi) is 5.58. The smallest absolute Gasteiger partial charge is 0.205 e. The average Bonchev–Trinajstić information content (AvgIpc) is 2.87. The molecule has 0 radical (unpaired) electrons. The van der Waals surface area contributed by atoms with Crippen LogP contribution in [0.5, 0.6) is 0 Å². The monoisotopic (exact) mass is 282 g/mol. The van der Waals surface area contributed by atoms with Crippen molar-refractivity contribution in [1.29, 1.82) is 0 Å². The predicted molar refractivity (Wildman–Crippen MR) is 81.8 cm³/mol. The molecule has 108 valence electrons. The van der Waals surface area contributed by atoms with E-state index in [1.165, 1.54) is 38.9 Å². The molecule has 19 heavy (non-hydrogen) atoms. The molecule has 2 heterocycles. The van der Waals surface area contributed by atoms with Crippen LogP contribution in [0.2, 0.25) is 0 Å². The summed E-state index contributed by atoms with van der Waals surface area (Å²) >= 11 is 1.69. The number of hydrogen-bond acceptors (Lipinski definition) is 5. The fourth-order valence-corrected chi connectivity index (χ4v) is 3.56. The number of piperidine rings is 1. The first-order valence-corrected chi connectivity index (χ1v) is 8.35. The van der Waals surface area contributed by atoms with Crippen LogP contribution in [0.15, 0.2) is 0 Å². The maximum atomic E-state index is 4.22. The van der Waals surface area contributed by atoms with Gasteiger partial charge in [-0.15, -0.1) is 10.2 Å². The quantitative estimate of drug-likeness (QED) is 0.871. The molecule has 0 saturated carbocycles. The zero-order valence-electron chi connectivity index (χ0n) is 12.4. The second-order valence-electron chi connectivity index (χ2n) is 5.49. The van der Waals surface area contributed by atoms with E-state index in [2.05, 4.69) is 41.2 Å². The van der Waals surface area contributed by atoms with Gasteiger partial charge in [-0.25, -0.2) is 0 Å². The van der Waals surface area contributed by atoms with Crippen molar-refractivity contribution in [2.75, 3.05) is 25.0 Å². The predicted octanol–water partition coefficient (Wildman–Crippen LogP) is 3.02. The molecule has 5 heteroatoms. The third kappa shape index (κ3) is 4.14.